The first-order valence-corrected chi connectivity index (χ1v) is 9.95. The van der Waals surface area contributed by atoms with Crippen molar-refractivity contribution < 1.29 is 26.9 Å². The van der Waals surface area contributed by atoms with E-state index in [2.05, 4.69) is 15.6 Å². The van der Waals surface area contributed by atoms with Crippen molar-refractivity contribution in [3.05, 3.63) is 78.4 Å². The fourth-order valence-corrected chi connectivity index (χ4v) is 2.80. The lowest BCUT2D eigenvalue weighted by Crippen LogP contribution is -3.00. The van der Waals surface area contributed by atoms with Gasteiger partial charge in [0.05, 0.1) is 0 Å². The van der Waals surface area contributed by atoms with Crippen LogP contribution in [0.15, 0.2) is 72.8 Å². The molecule has 0 spiro atoms. The lowest BCUT2D eigenvalue weighted by molar-refractivity contribution is -0.342. The number of anilines is 3. The number of benzene rings is 2. The van der Waals surface area contributed by atoms with E-state index >= 15 is 0 Å². The van der Waals surface area contributed by atoms with E-state index < -0.39 is 5.41 Å². The second-order valence-electron chi connectivity index (χ2n) is 8.14. The van der Waals surface area contributed by atoms with Crippen LogP contribution in [0.3, 0.4) is 0 Å². The van der Waals surface area contributed by atoms with Crippen LogP contribution in [0.5, 0.6) is 5.75 Å². The highest BCUT2D eigenvalue weighted by Gasteiger charge is 2.23. The van der Waals surface area contributed by atoms with Crippen molar-refractivity contribution in [3.8, 4) is 5.75 Å². The normalized spacial score (nSPS) is 11.7. The van der Waals surface area contributed by atoms with Gasteiger partial charge in [0.15, 0.2) is 0 Å². The predicted molar refractivity (Wildman–Crippen MR) is 120 cm³/mol. The molecule has 0 aliphatic carbocycles. The Morgan fingerprint density at radius 1 is 1.00 bits per heavy atom. The lowest BCUT2D eigenvalue weighted by atomic mass is 9.95. The molecule has 1 atom stereocenters. The topological polar surface area (TPSA) is 90.5 Å². The molecule has 1 aromatic heterocycles. The van der Waals surface area contributed by atoms with E-state index in [0.29, 0.717) is 18.1 Å². The molecule has 5 N–H and O–H groups in total. The number of nitrogens with two attached hydrogens (primary N) is 1. The molecule has 31 heavy (non-hydrogen) atoms. The second-order valence-corrected chi connectivity index (χ2v) is 8.14. The van der Waals surface area contributed by atoms with Gasteiger partial charge in [0.2, 0.25) is 17.5 Å². The first kappa shape index (κ1) is 24.0. The van der Waals surface area contributed by atoms with Crippen LogP contribution in [0.2, 0.25) is 0 Å². The number of aromatic nitrogens is 1. The Kier molecular flexibility index (Phi) is 8.28. The van der Waals surface area contributed by atoms with Crippen molar-refractivity contribution >= 4 is 23.2 Å². The zero-order valence-electron chi connectivity index (χ0n) is 18.0. The Hall–Kier alpha value is -3.25. The molecule has 1 amide bonds. The molecule has 7 heteroatoms. The number of pyridine rings is 1. The Labute approximate surface area is 189 Å². The molecule has 0 bridgehead atoms. The maximum Gasteiger partial charge on any atom is 0.241 e. The minimum Gasteiger partial charge on any atom is -1.00 e. The molecule has 0 fully saturated rings. The Morgan fingerprint density at radius 3 is 2.19 bits per heavy atom. The molecule has 164 valence electrons. The van der Waals surface area contributed by atoms with E-state index in [9.17, 15) is 4.79 Å². The Bertz CT molecular complexity index is 976. The summed E-state index contributed by atoms with van der Waals surface area (Å²) < 4.78 is 5.97. The molecule has 6 nitrogen and oxygen atoms in total. The van der Waals surface area contributed by atoms with E-state index in [1.165, 1.54) is 0 Å². The Morgan fingerprint density at radius 2 is 1.61 bits per heavy atom. The van der Waals surface area contributed by atoms with Crippen LogP contribution in [0, 0.1) is 5.41 Å². The number of nitrogen functional groups attached to an aromatic ring is 1. The maximum absolute atomic E-state index is 12.2. The third kappa shape index (κ3) is 6.89. The summed E-state index contributed by atoms with van der Waals surface area (Å²) in [5, 5.41) is 6.31. The fourth-order valence-electron chi connectivity index (χ4n) is 2.80. The summed E-state index contributed by atoms with van der Waals surface area (Å²) in [7, 11) is 0. The number of aromatic amines is 1. The van der Waals surface area contributed by atoms with Gasteiger partial charge in [0.1, 0.15) is 24.1 Å². The van der Waals surface area contributed by atoms with Crippen LogP contribution < -0.4 is 38.5 Å². The highest BCUT2D eigenvalue weighted by atomic mass is 35.5. The number of para-hydroxylation sites is 1. The summed E-state index contributed by atoms with van der Waals surface area (Å²) in [6.07, 6.45) is 0. The average molecular weight is 441 g/mol. The van der Waals surface area contributed by atoms with Gasteiger partial charge < -0.3 is 28.2 Å². The number of hydrogen-bond acceptors (Lipinski definition) is 4. The van der Waals surface area contributed by atoms with Gasteiger partial charge in [-0.2, -0.15) is 0 Å². The van der Waals surface area contributed by atoms with E-state index in [-0.39, 0.29) is 24.4 Å². The number of ether oxygens (including phenoxy) is 1. The van der Waals surface area contributed by atoms with Crippen LogP contribution in [-0.4, -0.2) is 12.5 Å². The summed E-state index contributed by atoms with van der Waals surface area (Å²) in [5.74, 6) is 1.82. The quantitative estimate of drug-likeness (QED) is 0.516. The third-order valence-corrected chi connectivity index (χ3v) is 4.60. The monoisotopic (exact) mass is 440 g/mol. The van der Waals surface area contributed by atoms with Gasteiger partial charge in [0, 0.05) is 11.5 Å². The van der Waals surface area contributed by atoms with Gasteiger partial charge in [-0.3, -0.25) is 10.1 Å². The SMILES string of the molecule is CC(C)(C)C(=O)Nc1ccc(NC(COc2ccccc2)c2ccccc2)[nH+]c1N.[Cl-]. The molecule has 0 aliphatic rings. The predicted octanol–water partition coefficient (Wildman–Crippen LogP) is 1.30. The first-order valence-electron chi connectivity index (χ1n) is 9.95. The zero-order chi connectivity index (χ0) is 21.6. The van der Waals surface area contributed by atoms with Gasteiger partial charge in [-0.15, -0.1) is 0 Å². The minimum atomic E-state index is -0.503. The molecule has 0 saturated carbocycles. The molecule has 3 aromatic rings. The van der Waals surface area contributed by atoms with Crippen LogP contribution in [0.1, 0.15) is 32.4 Å². The highest BCUT2D eigenvalue weighted by Crippen LogP contribution is 2.23. The van der Waals surface area contributed by atoms with E-state index in [0.717, 1.165) is 17.1 Å². The molecule has 0 saturated heterocycles. The number of carbonyl (C=O) groups is 1. The number of hydrogen-bond donors (Lipinski definition) is 3. The average Bonchev–Trinajstić information content (AvgIpc) is 2.73. The summed E-state index contributed by atoms with van der Waals surface area (Å²) >= 11 is 0. The number of halogens is 1. The maximum atomic E-state index is 12.2. The Balaban J connectivity index is 0.00000341. The van der Waals surface area contributed by atoms with Gasteiger partial charge in [0.25, 0.3) is 0 Å². The van der Waals surface area contributed by atoms with Crippen molar-refractivity contribution in [3.63, 3.8) is 0 Å². The summed E-state index contributed by atoms with van der Waals surface area (Å²) in [4.78, 5) is 15.4. The van der Waals surface area contributed by atoms with Crippen molar-refractivity contribution in [1.82, 2.24) is 0 Å². The standard InChI is InChI=1S/C24H28N4O2.ClH/c1-24(2,3)23(29)27-19-14-15-21(28-22(19)25)26-20(17-10-6-4-7-11-17)16-30-18-12-8-5-9-13-18;/h4-15,20H,16H2,1-3H3,(H,27,29)(H3,25,26,28);1H. The van der Waals surface area contributed by atoms with Crippen LogP contribution in [-0.2, 0) is 4.79 Å². The molecule has 3 rings (SSSR count). The number of carbonyl (C=O) groups excluding carboxylic acids is 1. The molecule has 1 unspecified atom stereocenters. The van der Waals surface area contributed by atoms with Crippen molar-refractivity contribution in [2.45, 2.75) is 26.8 Å². The first-order chi connectivity index (χ1) is 14.3. The van der Waals surface area contributed by atoms with Gasteiger partial charge in [-0.25, -0.2) is 4.98 Å². The van der Waals surface area contributed by atoms with Crippen LogP contribution >= 0.6 is 0 Å². The molecule has 0 aliphatic heterocycles. The van der Waals surface area contributed by atoms with E-state index in [1.807, 2.05) is 87.5 Å². The van der Waals surface area contributed by atoms with Crippen molar-refractivity contribution in [2.75, 3.05) is 23.0 Å². The van der Waals surface area contributed by atoms with Crippen LogP contribution in [0.25, 0.3) is 0 Å². The largest absolute Gasteiger partial charge is 1.00 e. The molecular weight excluding hydrogens is 412 g/mol. The van der Waals surface area contributed by atoms with Crippen LogP contribution in [0.4, 0.5) is 17.3 Å². The number of nitrogens with one attached hydrogen (secondary N) is 3. The zero-order valence-corrected chi connectivity index (χ0v) is 18.7. The molecule has 0 radical (unpaired) electrons. The summed E-state index contributed by atoms with van der Waals surface area (Å²) in [6, 6.07) is 23.3. The van der Waals surface area contributed by atoms with Gasteiger partial charge in [-0.1, -0.05) is 69.3 Å². The minimum absolute atomic E-state index is 0. The number of rotatable bonds is 7. The fraction of sp³-hybridized carbons (Fsp3) is 0.250. The summed E-state index contributed by atoms with van der Waals surface area (Å²) in [6.45, 7) is 6.00. The summed E-state index contributed by atoms with van der Waals surface area (Å²) in [5.41, 5.74) is 7.29. The van der Waals surface area contributed by atoms with E-state index in [4.69, 9.17) is 10.5 Å². The third-order valence-electron chi connectivity index (χ3n) is 4.60. The molecule has 2 aromatic carbocycles. The second kappa shape index (κ2) is 10.7. The number of H-pyrrole nitrogens is 1. The van der Waals surface area contributed by atoms with Crippen molar-refractivity contribution in [2.24, 2.45) is 5.41 Å². The van der Waals surface area contributed by atoms with E-state index in [1.54, 1.807) is 6.07 Å². The van der Waals surface area contributed by atoms with Crippen molar-refractivity contribution in [1.29, 1.82) is 0 Å². The van der Waals surface area contributed by atoms with Gasteiger partial charge >= 0.3 is 0 Å². The highest BCUT2D eigenvalue weighted by molar-refractivity contribution is 5.96. The lowest BCUT2D eigenvalue weighted by Gasteiger charge is -2.19. The number of amides is 1. The van der Waals surface area contributed by atoms with Gasteiger partial charge in [-0.05, 0) is 23.8 Å². The smallest absolute Gasteiger partial charge is 0.241 e. The molecule has 1 heterocycles. The molecular formula is C24H29ClN4O2.